The molecule has 12 heteroatoms. The average molecular weight is 420 g/mol. The van der Waals surface area contributed by atoms with Crippen LogP contribution in [-0.2, 0) is 27.9 Å². The smallest absolute Gasteiger partial charge is 0.475 e. The molecule has 8 nitrogen and oxygen atoms in total. The van der Waals surface area contributed by atoms with Crippen molar-refractivity contribution in [2.75, 3.05) is 13.1 Å². The van der Waals surface area contributed by atoms with Crippen LogP contribution in [0.4, 0.5) is 13.2 Å². The van der Waals surface area contributed by atoms with Gasteiger partial charge in [0.25, 0.3) is 0 Å². The normalized spacial score (nSPS) is 17.0. The van der Waals surface area contributed by atoms with Gasteiger partial charge in [-0.1, -0.05) is 18.2 Å². The minimum atomic E-state index is -5.08. The molecule has 3 rings (SSSR count). The summed E-state index contributed by atoms with van der Waals surface area (Å²) in [6.45, 7) is 2.64. The summed E-state index contributed by atoms with van der Waals surface area (Å²) < 4.78 is 60.8. The zero-order valence-electron chi connectivity index (χ0n) is 14.6. The number of benzene rings is 1. The van der Waals surface area contributed by atoms with E-state index in [1.807, 2.05) is 10.7 Å². The lowest BCUT2D eigenvalue weighted by atomic mass is 10.1. The van der Waals surface area contributed by atoms with E-state index in [9.17, 15) is 21.6 Å². The van der Waals surface area contributed by atoms with Crippen molar-refractivity contribution in [1.82, 2.24) is 19.8 Å². The van der Waals surface area contributed by atoms with Crippen LogP contribution in [0.3, 0.4) is 0 Å². The summed E-state index contributed by atoms with van der Waals surface area (Å²) in [5.74, 6) is -2.59. The SMILES string of the molecule is O=C(O)C(F)(F)F.O=S(=O)(NCC1CNCc2ccnn2C1)c1ccccc1. The quantitative estimate of drug-likeness (QED) is 0.686. The van der Waals surface area contributed by atoms with Gasteiger partial charge in [0.1, 0.15) is 0 Å². The van der Waals surface area contributed by atoms with Crippen LogP contribution < -0.4 is 10.0 Å². The maximum Gasteiger partial charge on any atom is 0.490 e. The van der Waals surface area contributed by atoms with Gasteiger partial charge in [-0.05, 0) is 18.2 Å². The van der Waals surface area contributed by atoms with E-state index in [0.717, 1.165) is 18.8 Å². The highest BCUT2D eigenvalue weighted by Gasteiger charge is 2.38. The highest BCUT2D eigenvalue weighted by Crippen LogP contribution is 2.13. The Balaban J connectivity index is 0.000000345. The molecule has 1 aliphatic rings. The number of alkyl halides is 3. The maximum atomic E-state index is 12.2. The molecule has 2 heterocycles. The van der Waals surface area contributed by atoms with Crippen LogP contribution in [0.1, 0.15) is 5.69 Å². The van der Waals surface area contributed by atoms with Crippen molar-refractivity contribution < 1.29 is 31.5 Å². The molecular weight excluding hydrogens is 401 g/mol. The summed E-state index contributed by atoms with van der Waals surface area (Å²) in [6, 6.07) is 10.4. The lowest BCUT2D eigenvalue weighted by Crippen LogP contribution is -2.35. The van der Waals surface area contributed by atoms with Crippen LogP contribution in [0.25, 0.3) is 0 Å². The summed E-state index contributed by atoms with van der Waals surface area (Å²) in [7, 11) is -3.44. The molecule has 1 aromatic carbocycles. The summed E-state index contributed by atoms with van der Waals surface area (Å²) in [5.41, 5.74) is 1.13. The van der Waals surface area contributed by atoms with E-state index in [1.165, 1.54) is 0 Å². The van der Waals surface area contributed by atoms with E-state index < -0.39 is 22.2 Å². The Bertz CT molecular complexity index is 885. The Kier molecular flexibility index (Phi) is 7.16. The standard InChI is InChI=1S/C14H18N4O2S.C2HF3O2/c19-21(20,14-4-2-1-3-5-14)17-9-12-8-15-10-13-6-7-16-18(13)11-12;3-2(4,5)1(6)7/h1-7,12,15,17H,8-11H2;(H,6,7). The molecule has 1 atom stereocenters. The number of nitrogens with one attached hydrogen (secondary N) is 2. The second kappa shape index (κ2) is 9.17. The van der Waals surface area contributed by atoms with Crippen molar-refractivity contribution >= 4 is 16.0 Å². The molecule has 0 spiro atoms. The van der Waals surface area contributed by atoms with Crippen LogP contribution in [0, 0.1) is 5.92 Å². The molecule has 28 heavy (non-hydrogen) atoms. The van der Waals surface area contributed by atoms with Crippen molar-refractivity contribution in [1.29, 1.82) is 0 Å². The first kappa shape index (κ1) is 21.9. The Morgan fingerprint density at radius 1 is 1.29 bits per heavy atom. The molecular formula is C16H19F3N4O4S. The first-order valence-electron chi connectivity index (χ1n) is 8.16. The fourth-order valence-corrected chi connectivity index (χ4v) is 3.57. The van der Waals surface area contributed by atoms with Gasteiger partial charge in [-0.3, -0.25) is 4.68 Å². The number of nitrogens with zero attached hydrogens (tertiary/aromatic N) is 2. The Labute approximate surface area is 159 Å². The summed E-state index contributed by atoms with van der Waals surface area (Å²) in [6.07, 6.45) is -3.31. The lowest BCUT2D eigenvalue weighted by Gasteiger charge is -2.15. The van der Waals surface area contributed by atoms with E-state index >= 15 is 0 Å². The fraction of sp³-hybridized carbons (Fsp3) is 0.375. The molecule has 2 aromatic rings. The van der Waals surface area contributed by atoms with E-state index in [-0.39, 0.29) is 5.92 Å². The van der Waals surface area contributed by atoms with Crippen molar-refractivity contribution in [3.8, 4) is 0 Å². The minimum absolute atomic E-state index is 0.171. The predicted octanol–water partition coefficient (Wildman–Crippen LogP) is 1.21. The van der Waals surface area contributed by atoms with Gasteiger partial charge in [0.2, 0.25) is 10.0 Å². The number of carboxylic acid groups (broad SMARTS) is 1. The number of halogens is 3. The van der Waals surface area contributed by atoms with Gasteiger partial charge >= 0.3 is 12.1 Å². The van der Waals surface area contributed by atoms with Crippen LogP contribution in [-0.4, -0.2) is 48.5 Å². The molecule has 0 radical (unpaired) electrons. The van der Waals surface area contributed by atoms with E-state index in [0.29, 0.717) is 18.0 Å². The average Bonchev–Trinajstić information content (AvgIpc) is 2.98. The first-order valence-corrected chi connectivity index (χ1v) is 9.64. The molecule has 0 aliphatic carbocycles. The zero-order chi connectivity index (χ0) is 20.8. The monoisotopic (exact) mass is 420 g/mol. The molecule has 0 fully saturated rings. The molecule has 3 N–H and O–H groups in total. The number of sulfonamides is 1. The number of hydrogen-bond donors (Lipinski definition) is 3. The second-order valence-electron chi connectivity index (χ2n) is 5.97. The van der Waals surface area contributed by atoms with Gasteiger partial charge in [-0.25, -0.2) is 17.9 Å². The van der Waals surface area contributed by atoms with Crippen molar-refractivity contribution in [2.24, 2.45) is 5.92 Å². The third kappa shape index (κ3) is 6.32. The predicted molar refractivity (Wildman–Crippen MR) is 92.7 cm³/mol. The Morgan fingerprint density at radius 3 is 2.54 bits per heavy atom. The zero-order valence-corrected chi connectivity index (χ0v) is 15.4. The van der Waals surface area contributed by atoms with E-state index in [1.54, 1.807) is 36.5 Å². The minimum Gasteiger partial charge on any atom is -0.475 e. The number of fused-ring (bicyclic) bond motifs is 1. The molecule has 1 aliphatic heterocycles. The highest BCUT2D eigenvalue weighted by atomic mass is 32.2. The molecule has 1 aromatic heterocycles. The van der Waals surface area contributed by atoms with Crippen LogP contribution in [0.15, 0.2) is 47.5 Å². The van der Waals surface area contributed by atoms with Gasteiger partial charge in [-0.2, -0.15) is 18.3 Å². The number of carbonyl (C=O) groups is 1. The highest BCUT2D eigenvalue weighted by molar-refractivity contribution is 7.89. The summed E-state index contributed by atoms with van der Waals surface area (Å²) >= 11 is 0. The largest absolute Gasteiger partial charge is 0.490 e. The molecule has 1 unspecified atom stereocenters. The second-order valence-corrected chi connectivity index (χ2v) is 7.74. The Morgan fingerprint density at radius 2 is 1.93 bits per heavy atom. The number of carboxylic acids is 1. The van der Waals surface area contributed by atoms with Crippen LogP contribution >= 0.6 is 0 Å². The van der Waals surface area contributed by atoms with E-state index in [4.69, 9.17) is 9.90 Å². The van der Waals surface area contributed by atoms with Gasteiger partial charge in [-0.15, -0.1) is 0 Å². The van der Waals surface area contributed by atoms with Crippen molar-refractivity contribution in [3.63, 3.8) is 0 Å². The van der Waals surface area contributed by atoms with Gasteiger partial charge in [0.05, 0.1) is 10.6 Å². The van der Waals surface area contributed by atoms with Crippen molar-refractivity contribution in [3.05, 3.63) is 48.3 Å². The number of aromatic nitrogens is 2. The molecule has 0 saturated heterocycles. The maximum absolute atomic E-state index is 12.2. The van der Waals surface area contributed by atoms with Crippen molar-refractivity contribution in [2.45, 2.75) is 24.2 Å². The molecule has 0 saturated carbocycles. The lowest BCUT2D eigenvalue weighted by molar-refractivity contribution is -0.192. The topological polar surface area (TPSA) is 113 Å². The molecule has 154 valence electrons. The van der Waals surface area contributed by atoms with Crippen LogP contribution in [0.2, 0.25) is 0 Å². The molecule has 0 amide bonds. The summed E-state index contributed by atoms with van der Waals surface area (Å²) in [5, 5.41) is 14.7. The molecule has 0 bridgehead atoms. The fourth-order valence-electron chi connectivity index (χ4n) is 2.44. The number of rotatable bonds is 4. The third-order valence-electron chi connectivity index (χ3n) is 3.83. The van der Waals surface area contributed by atoms with Gasteiger partial charge in [0, 0.05) is 38.3 Å². The van der Waals surface area contributed by atoms with Gasteiger partial charge < -0.3 is 10.4 Å². The van der Waals surface area contributed by atoms with E-state index in [2.05, 4.69) is 15.1 Å². The van der Waals surface area contributed by atoms with Gasteiger partial charge in [0.15, 0.2) is 0 Å². The summed E-state index contributed by atoms with van der Waals surface area (Å²) in [4.78, 5) is 9.19. The number of aliphatic carboxylic acids is 1. The third-order valence-corrected chi connectivity index (χ3v) is 5.27. The number of hydrogen-bond acceptors (Lipinski definition) is 5. The van der Waals surface area contributed by atoms with Crippen LogP contribution in [0.5, 0.6) is 0 Å². The Hall–Kier alpha value is -2.44. The first-order chi connectivity index (χ1) is 13.1.